The van der Waals surface area contributed by atoms with Crippen molar-refractivity contribution in [1.82, 2.24) is 0 Å². The van der Waals surface area contributed by atoms with Crippen LogP contribution in [0.5, 0.6) is 0 Å². The number of allylic oxidation sites excluding steroid dienone is 3. The van der Waals surface area contributed by atoms with Gasteiger partial charge in [0.25, 0.3) is 0 Å². The van der Waals surface area contributed by atoms with Gasteiger partial charge in [0.2, 0.25) is 0 Å². The van der Waals surface area contributed by atoms with E-state index >= 15 is 0 Å². The fourth-order valence-electron chi connectivity index (χ4n) is 2.91. The van der Waals surface area contributed by atoms with Crippen molar-refractivity contribution in [3.63, 3.8) is 0 Å². The van der Waals surface area contributed by atoms with Crippen LogP contribution in [-0.2, 0) is 0 Å². The summed E-state index contributed by atoms with van der Waals surface area (Å²) >= 11 is 0. The van der Waals surface area contributed by atoms with Crippen molar-refractivity contribution in [1.29, 1.82) is 0 Å². The molecular weight excluding hydrogens is 168 g/mol. The van der Waals surface area contributed by atoms with E-state index in [0.717, 1.165) is 0 Å². The molecule has 0 radical (unpaired) electrons. The zero-order chi connectivity index (χ0) is 10.8. The minimum Gasteiger partial charge on any atom is -0.132 e. The van der Waals surface area contributed by atoms with Crippen LogP contribution < -0.4 is 0 Å². The van der Waals surface area contributed by atoms with E-state index in [1.807, 2.05) is 0 Å². The van der Waals surface area contributed by atoms with E-state index in [0.29, 0.717) is 11.3 Å². The third kappa shape index (κ3) is 2.19. The van der Waals surface area contributed by atoms with Gasteiger partial charge in [0.1, 0.15) is 0 Å². The number of hydrogen-bond acceptors (Lipinski definition) is 0. The quantitative estimate of drug-likeness (QED) is 0.444. The van der Waals surface area contributed by atoms with Gasteiger partial charge in [-0.2, -0.15) is 0 Å². The predicted molar refractivity (Wildman–Crippen MR) is 63.2 cm³/mol. The molecule has 0 N–H and O–H groups in total. The van der Waals surface area contributed by atoms with Crippen LogP contribution in [0.4, 0.5) is 0 Å². The molecule has 0 spiro atoms. The highest BCUT2D eigenvalue weighted by molar-refractivity contribution is 5.27. The lowest BCUT2D eigenvalue weighted by molar-refractivity contribution is 0.342. The molecule has 1 aliphatic carbocycles. The van der Waals surface area contributed by atoms with Crippen LogP contribution in [0.1, 0.15) is 47.0 Å². The highest BCUT2D eigenvalue weighted by Gasteiger charge is 2.30. The van der Waals surface area contributed by atoms with Crippen LogP contribution in [0.25, 0.3) is 0 Å². The number of rotatable bonds is 2. The molecule has 1 atom stereocenters. The molecule has 1 rings (SSSR count). The molecule has 0 aromatic heterocycles. The summed E-state index contributed by atoms with van der Waals surface area (Å²) in [5.41, 5.74) is 6.48. The van der Waals surface area contributed by atoms with E-state index < -0.39 is 0 Å². The highest BCUT2D eigenvalue weighted by Crippen LogP contribution is 2.43. The Balaban J connectivity index is 3.07. The van der Waals surface area contributed by atoms with Gasteiger partial charge in [0.15, 0.2) is 0 Å². The Morgan fingerprint density at radius 3 is 2.64 bits per heavy atom. The van der Waals surface area contributed by atoms with Gasteiger partial charge in [-0.15, -0.1) is 5.73 Å². The molecule has 14 heavy (non-hydrogen) atoms. The minimum atomic E-state index is 0.370. The van der Waals surface area contributed by atoms with Crippen molar-refractivity contribution in [3.05, 3.63) is 29.5 Å². The molecule has 0 heteroatoms. The second kappa shape index (κ2) is 4.19. The van der Waals surface area contributed by atoms with Crippen LogP contribution in [0, 0.1) is 11.3 Å². The Morgan fingerprint density at radius 1 is 1.50 bits per heavy atom. The molecule has 0 saturated heterocycles. The lowest BCUT2D eigenvalue weighted by Crippen LogP contribution is -2.24. The first-order valence-corrected chi connectivity index (χ1v) is 5.55. The molecule has 1 aliphatic rings. The van der Waals surface area contributed by atoms with Gasteiger partial charge in [-0.1, -0.05) is 38.5 Å². The Kier molecular flexibility index (Phi) is 3.39. The largest absolute Gasteiger partial charge is 0.132 e. The van der Waals surface area contributed by atoms with E-state index in [1.54, 1.807) is 11.1 Å². The molecule has 0 amide bonds. The van der Waals surface area contributed by atoms with Gasteiger partial charge in [0, 0.05) is 5.92 Å². The van der Waals surface area contributed by atoms with Crippen molar-refractivity contribution in [2.45, 2.75) is 47.0 Å². The van der Waals surface area contributed by atoms with Gasteiger partial charge < -0.3 is 0 Å². The Labute approximate surface area is 88.4 Å². The van der Waals surface area contributed by atoms with Crippen LogP contribution in [0.3, 0.4) is 0 Å². The third-order valence-electron chi connectivity index (χ3n) is 3.37. The Morgan fingerprint density at radius 2 is 2.14 bits per heavy atom. The highest BCUT2D eigenvalue weighted by atomic mass is 14.3. The van der Waals surface area contributed by atoms with Gasteiger partial charge >= 0.3 is 0 Å². The maximum absolute atomic E-state index is 3.67. The normalized spacial score (nSPS) is 22.9. The minimum absolute atomic E-state index is 0.370. The second-order valence-electron chi connectivity index (χ2n) is 5.09. The van der Waals surface area contributed by atoms with Crippen molar-refractivity contribution in [2.24, 2.45) is 11.3 Å². The van der Waals surface area contributed by atoms with E-state index in [4.69, 9.17) is 0 Å². The summed E-state index contributed by atoms with van der Waals surface area (Å²) in [6.07, 6.45) is 6.02. The predicted octanol–water partition coefficient (Wildman–Crippen LogP) is 4.49. The molecule has 0 aromatic rings. The lowest BCUT2D eigenvalue weighted by atomic mass is 9.68. The molecule has 0 heterocycles. The Bertz CT molecular complexity index is 285. The monoisotopic (exact) mass is 190 g/mol. The average molecular weight is 190 g/mol. The fraction of sp³-hybridized carbons (Fsp3) is 0.643. The summed E-state index contributed by atoms with van der Waals surface area (Å²) in [6, 6.07) is 0. The average Bonchev–Trinajstić information content (AvgIpc) is 2.02. The summed E-state index contributed by atoms with van der Waals surface area (Å²) < 4.78 is 0. The van der Waals surface area contributed by atoms with Crippen LogP contribution >= 0.6 is 0 Å². The lowest BCUT2D eigenvalue weighted by Gasteiger charge is -2.37. The standard InChI is InChI=1S/C14H22/c1-6-8-11(2)13-12(3)9-7-10-14(13,4)5/h8,11H,1,7,9-10H2,2-5H3. The van der Waals surface area contributed by atoms with Gasteiger partial charge in [-0.3, -0.25) is 0 Å². The molecule has 0 aromatic carbocycles. The molecule has 0 bridgehead atoms. The van der Waals surface area contributed by atoms with Crippen molar-refractivity contribution < 1.29 is 0 Å². The summed E-state index contributed by atoms with van der Waals surface area (Å²) in [4.78, 5) is 0. The van der Waals surface area contributed by atoms with Gasteiger partial charge in [-0.25, -0.2) is 0 Å². The van der Waals surface area contributed by atoms with E-state index in [-0.39, 0.29) is 0 Å². The first kappa shape index (κ1) is 11.3. The molecule has 1 unspecified atom stereocenters. The molecule has 0 nitrogen and oxygen atoms in total. The fourth-order valence-corrected chi connectivity index (χ4v) is 2.91. The van der Waals surface area contributed by atoms with Crippen LogP contribution in [0.2, 0.25) is 0 Å². The van der Waals surface area contributed by atoms with Crippen molar-refractivity contribution in [3.8, 4) is 0 Å². The van der Waals surface area contributed by atoms with E-state index in [1.165, 1.54) is 19.3 Å². The maximum Gasteiger partial charge on any atom is 0.00320 e. The summed E-state index contributed by atoms with van der Waals surface area (Å²) in [7, 11) is 0. The second-order valence-corrected chi connectivity index (χ2v) is 5.09. The molecule has 0 aliphatic heterocycles. The topological polar surface area (TPSA) is 0 Å². The van der Waals surface area contributed by atoms with E-state index in [9.17, 15) is 0 Å². The zero-order valence-corrected chi connectivity index (χ0v) is 9.98. The molecule has 78 valence electrons. The summed E-state index contributed by atoms with van der Waals surface area (Å²) in [5, 5.41) is 0. The molecule has 0 fully saturated rings. The van der Waals surface area contributed by atoms with Gasteiger partial charge in [0.05, 0.1) is 0 Å². The molecule has 0 saturated carbocycles. The summed E-state index contributed by atoms with van der Waals surface area (Å²) in [6.45, 7) is 12.9. The van der Waals surface area contributed by atoms with Crippen molar-refractivity contribution >= 4 is 0 Å². The smallest absolute Gasteiger partial charge is 0.00320 e. The summed E-state index contributed by atoms with van der Waals surface area (Å²) in [5.74, 6) is 0.503. The first-order valence-electron chi connectivity index (χ1n) is 5.55. The zero-order valence-electron chi connectivity index (χ0n) is 9.98. The van der Waals surface area contributed by atoms with Crippen LogP contribution in [0.15, 0.2) is 29.5 Å². The van der Waals surface area contributed by atoms with Crippen molar-refractivity contribution in [2.75, 3.05) is 0 Å². The van der Waals surface area contributed by atoms with E-state index in [2.05, 4.69) is 46.1 Å². The SMILES string of the molecule is C=C=CC(C)C1=C(C)CCCC1(C)C. The Hall–Kier alpha value is -0.740. The van der Waals surface area contributed by atoms with Crippen LogP contribution in [-0.4, -0.2) is 0 Å². The van der Waals surface area contributed by atoms with Gasteiger partial charge in [-0.05, 0) is 37.7 Å². The third-order valence-corrected chi connectivity index (χ3v) is 3.37. The number of hydrogen-bond donors (Lipinski definition) is 0. The molecular formula is C14H22. The maximum atomic E-state index is 3.67. The first-order chi connectivity index (χ1) is 6.49.